The Morgan fingerprint density at radius 3 is 1.53 bits per heavy atom. The highest BCUT2D eigenvalue weighted by Gasteiger charge is 2.30. The van der Waals surface area contributed by atoms with Crippen molar-refractivity contribution in [2.45, 2.75) is 0 Å². The second-order valence-corrected chi connectivity index (χ2v) is 14.3. The molecule has 0 bridgehead atoms. The van der Waals surface area contributed by atoms with Gasteiger partial charge in [-0.3, -0.25) is 4.90 Å². The first-order valence-electron chi connectivity index (χ1n) is 19.1. The lowest BCUT2D eigenvalue weighted by Gasteiger charge is -2.31. The highest BCUT2D eigenvalue weighted by atomic mass is 15.3. The van der Waals surface area contributed by atoms with E-state index in [1.807, 2.05) is 24.3 Å². The summed E-state index contributed by atoms with van der Waals surface area (Å²) >= 11 is 0. The van der Waals surface area contributed by atoms with Crippen LogP contribution in [0.2, 0.25) is 0 Å². The van der Waals surface area contributed by atoms with Crippen molar-refractivity contribution in [2.75, 3.05) is 4.90 Å². The molecule has 0 aliphatic carbocycles. The van der Waals surface area contributed by atoms with Crippen molar-refractivity contribution in [3.05, 3.63) is 200 Å². The molecule has 11 rings (SSSR count). The standard InChI is InChI=1S/C52H33N5/c1-4-16-34(17-5-1)39-31-40(35-18-6-2-7-19-35)33-41(32-39)37-22-14-23-38(30-37)51-54-50(36-20-8-3-9-21-36)55-52(56-51)57-46-28-13-11-25-44(46)49-48-43(26-15-29-47(48)57)42-24-10-12-27-45(42)53-49/h1-33H. The summed E-state index contributed by atoms with van der Waals surface area (Å²) in [7, 11) is 0. The molecule has 10 aromatic rings. The van der Waals surface area contributed by atoms with E-state index >= 15 is 0 Å². The minimum Gasteiger partial charge on any atom is -0.278 e. The number of fused-ring (bicyclic) bond motifs is 4. The third-order valence-electron chi connectivity index (χ3n) is 10.8. The molecule has 3 heterocycles. The summed E-state index contributed by atoms with van der Waals surface area (Å²) < 4.78 is 0. The van der Waals surface area contributed by atoms with Crippen molar-refractivity contribution in [3.63, 3.8) is 0 Å². The summed E-state index contributed by atoms with van der Waals surface area (Å²) in [5, 5.41) is 3.33. The van der Waals surface area contributed by atoms with E-state index in [1.54, 1.807) is 0 Å². The van der Waals surface area contributed by atoms with Crippen LogP contribution in [-0.2, 0) is 0 Å². The first-order chi connectivity index (χ1) is 28.2. The van der Waals surface area contributed by atoms with Gasteiger partial charge in [0.05, 0.1) is 22.6 Å². The minimum atomic E-state index is 0.542. The third-order valence-corrected chi connectivity index (χ3v) is 10.8. The average molecular weight is 728 g/mol. The second kappa shape index (κ2) is 13.5. The van der Waals surface area contributed by atoms with Crippen molar-refractivity contribution in [1.29, 1.82) is 0 Å². The number of pyridine rings is 1. The molecule has 0 fully saturated rings. The van der Waals surface area contributed by atoms with Gasteiger partial charge in [0, 0.05) is 27.5 Å². The zero-order chi connectivity index (χ0) is 37.7. The minimum absolute atomic E-state index is 0.542. The molecule has 5 nitrogen and oxygen atoms in total. The van der Waals surface area contributed by atoms with Crippen molar-refractivity contribution in [2.24, 2.45) is 0 Å². The van der Waals surface area contributed by atoms with Gasteiger partial charge >= 0.3 is 0 Å². The predicted molar refractivity (Wildman–Crippen MR) is 233 cm³/mol. The molecule has 0 spiro atoms. The molecule has 8 aromatic carbocycles. The maximum atomic E-state index is 5.32. The van der Waals surface area contributed by atoms with Crippen LogP contribution in [-0.4, -0.2) is 19.9 Å². The highest BCUT2D eigenvalue weighted by Crippen LogP contribution is 2.50. The monoisotopic (exact) mass is 727 g/mol. The Kier molecular flexibility index (Phi) is 7.74. The number of rotatable bonds is 6. The Balaban J connectivity index is 1.11. The van der Waals surface area contributed by atoms with Crippen LogP contribution in [0.5, 0.6) is 0 Å². The summed E-state index contributed by atoms with van der Waals surface area (Å²) in [4.78, 5) is 23.1. The molecule has 1 aliphatic rings. The molecular formula is C52H33N5. The lowest BCUT2D eigenvalue weighted by Crippen LogP contribution is -2.19. The van der Waals surface area contributed by atoms with Crippen molar-refractivity contribution >= 4 is 39.0 Å². The van der Waals surface area contributed by atoms with Crippen LogP contribution < -0.4 is 4.90 Å². The van der Waals surface area contributed by atoms with E-state index in [2.05, 4.69) is 181 Å². The lowest BCUT2D eigenvalue weighted by atomic mass is 9.93. The van der Waals surface area contributed by atoms with Crippen LogP contribution in [0.25, 0.3) is 89.1 Å². The van der Waals surface area contributed by atoms with Crippen LogP contribution in [0.3, 0.4) is 0 Å². The van der Waals surface area contributed by atoms with Gasteiger partial charge in [0.2, 0.25) is 5.95 Å². The molecule has 0 saturated carbocycles. The molecule has 2 aromatic heterocycles. The van der Waals surface area contributed by atoms with Gasteiger partial charge in [-0.25, -0.2) is 9.97 Å². The Morgan fingerprint density at radius 1 is 0.316 bits per heavy atom. The predicted octanol–water partition coefficient (Wildman–Crippen LogP) is 13.4. The topological polar surface area (TPSA) is 54.8 Å². The van der Waals surface area contributed by atoms with E-state index < -0.39 is 0 Å². The SMILES string of the molecule is c1ccc(-c2cc(-c3ccccc3)cc(-c3cccc(-c4nc(-c5ccccc5)nc(N5c6ccccc6-c6nc7ccccc7c7cccc5c67)n4)c3)c2)cc1. The normalized spacial score (nSPS) is 11.8. The van der Waals surface area contributed by atoms with Crippen LogP contribution in [0.4, 0.5) is 17.3 Å². The van der Waals surface area contributed by atoms with Gasteiger partial charge in [0.15, 0.2) is 11.6 Å². The zero-order valence-electron chi connectivity index (χ0n) is 30.8. The molecule has 0 unspecified atom stereocenters. The molecule has 1 aliphatic heterocycles. The Hall–Kier alpha value is -7.76. The average Bonchev–Trinajstić information content (AvgIpc) is 3.30. The molecule has 0 N–H and O–H groups in total. The molecule has 5 heteroatoms. The quantitative estimate of drug-likeness (QED) is 0.160. The number of benzene rings is 8. The van der Waals surface area contributed by atoms with E-state index in [9.17, 15) is 0 Å². The first-order valence-corrected chi connectivity index (χ1v) is 19.1. The molecule has 266 valence electrons. The fraction of sp³-hybridized carbons (Fsp3) is 0. The Morgan fingerprint density at radius 2 is 0.807 bits per heavy atom. The Bertz CT molecular complexity index is 3070. The molecule has 0 atom stereocenters. The fourth-order valence-corrected chi connectivity index (χ4v) is 8.12. The van der Waals surface area contributed by atoms with E-state index in [0.717, 1.165) is 77.7 Å². The molecule has 57 heavy (non-hydrogen) atoms. The van der Waals surface area contributed by atoms with E-state index in [0.29, 0.717) is 17.6 Å². The van der Waals surface area contributed by atoms with Crippen LogP contribution >= 0.6 is 0 Å². The summed E-state index contributed by atoms with van der Waals surface area (Å²) in [5.41, 5.74) is 13.6. The van der Waals surface area contributed by atoms with Crippen LogP contribution in [0.1, 0.15) is 0 Å². The molecule has 0 saturated heterocycles. The smallest absolute Gasteiger partial charge is 0.238 e. The van der Waals surface area contributed by atoms with Gasteiger partial charge in [0.1, 0.15) is 0 Å². The molecule has 0 amide bonds. The zero-order valence-corrected chi connectivity index (χ0v) is 30.8. The lowest BCUT2D eigenvalue weighted by molar-refractivity contribution is 1.02. The van der Waals surface area contributed by atoms with Crippen molar-refractivity contribution in [1.82, 2.24) is 19.9 Å². The highest BCUT2D eigenvalue weighted by molar-refractivity contribution is 6.19. The number of para-hydroxylation sites is 2. The second-order valence-electron chi connectivity index (χ2n) is 14.3. The summed E-state index contributed by atoms with van der Waals surface area (Å²) in [6, 6.07) is 69.9. The van der Waals surface area contributed by atoms with E-state index in [1.165, 1.54) is 11.1 Å². The van der Waals surface area contributed by atoms with Crippen LogP contribution in [0, 0.1) is 0 Å². The van der Waals surface area contributed by atoms with Gasteiger partial charge in [-0.05, 0) is 81.2 Å². The summed E-state index contributed by atoms with van der Waals surface area (Å²) in [6.45, 7) is 0. The maximum Gasteiger partial charge on any atom is 0.238 e. The van der Waals surface area contributed by atoms with Gasteiger partial charge in [-0.2, -0.15) is 9.97 Å². The van der Waals surface area contributed by atoms with Gasteiger partial charge in [0.25, 0.3) is 0 Å². The number of nitrogens with zero attached hydrogens (tertiary/aromatic N) is 5. The Labute approximate surface area is 330 Å². The van der Waals surface area contributed by atoms with E-state index in [4.69, 9.17) is 19.9 Å². The van der Waals surface area contributed by atoms with Crippen LogP contribution in [0.15, 0.2) is 200 Å². The largest absolute Gasteiger partial charge is 0.278 e. The maximum absolute atomic E-state index is 5.32. The number of anilines is 3. The number of hydrogen-bond donors (Lipinski definition) is 0. The number of aromatic nitrogens is 4. The van der Waals surface area contributed by atoms with Gasteiger partial charge in [-0.1, -0.05) is 158 Å². The fourth-order valence-electron chi connectivity index (χ4n) is 8.12. The first kappa shape index (κ1) is 32.7. The third kappa shape index (κ3) is 5.72. The molecular weight excluding hydrogens is 695 g/mol. The number of hydrogen-bond acceptors (Lipinski definition) is 5. The van der Waals surface area contributed by atoms with Gasteiger partial charge < -0.3 is 0 Å². The summed E-state index contributed by atoms with van der Waals surface area (Å²) in [5.74, 6) is 1.74. The van der Waals surface area contributed by atoms with E-state index in [-0.39, 0.29) is 0 Å². The van der Waals surface area contributed by atoms with Crippen molar-refractivity contribution < 1.29 is 0 Å². The molecule has 0 radical (unpaired) electrons. The van der Waals surface area contributed by atoms with Gasteiger partial charge in [-0.15, -0.1) is 0 Å². The van der Waals surface area contributed by atoms with Crippen molar-refractivity contribution in [3.8, 4) is 67.4 Å². The summed E-state index contributed by atoms with van der Waals surface area (Å²) in [6.07, 6.45) is 0.